The quantitative estimate of drug-likeness (QED) is 0.777. The van der Waals surface area contributed by atoms with Gasteiger partial charge in [-0.15, -0.1) is 12.4 Å². The smallest absolute Gasteiger partial charge is 0.197 e. The molecular weight excluding hydrogens is 200 g/mol. The Morgan fingerprint density at radius 3 is 2.86 bits per heavy atom. The van der Waals surface area contributed by atoms with Crippen molar-refractivity contribution in [2.45, 2.75) is 38.1 Å². The third-order valence-corrected chi connectivity index (χ3v) is 3.07. The Labute approximate surface area is 89.7 Å². The summed E-state index contributed by atoms with van der Waals surface area (Å²) >= 11 is 0. The fourth-order valence-corrected chi connectivity index (χ4v) is 1.98. The van der Waals surface area contributed by atoms with Gasteiger partial charge < -0.3 is 9.73 Å². The summed E-state index contributed by atoms with van der Waals surface area (Å²) in [5.74, 6) is 2.76. The second kappa shape index (κ2) is 3.91. The van der Waals surface area contributed by atoms with Gasteiger partial charge in [-0.05, 0) is 12.8 Å². The van der Waals surface area contributed by atoms with Gasteiger partial charge in [0, 0.05) is 25.4 Å². The SMILES string of the molecule is C1CC(c2nc3c(o2)CCNC3)C1.Cl. The average Bonchev–Trinajstić information content (AvgIpc) is 2.43. The lowest BCUT2D eigenvalue weighted by Gasteiger charge is -2.21. The molecule has 78 valence electrons. The van der Waals surface area contributed by atoms with Gasteiger partial charge in [0.2, 0.25) is 0 Å². The predicted molar refractivity (Wildman–Crippen MR) is 55.8 cm³/mol. The van der Waals surface area contributed by atoms with Crippen molar-refractivity contribution in [1.82, 2.24) is 10.3 Å². The van der Waals surface area contributed by atoms with Gasteiger partial charge in [-0.25, -0.2) is 4.98 Å². The van der Waals surface area contributed by atoms with Crippen LogP contribution < -0.4 is 5.32 Å². The van der Waals surface area contributed by atoms with E-state index in [9.17, 15) is 0 Å². The molecule has 1 fully saturated rings. The first-order valence-corrected chi connectivity index (χ1v) is 5.12. The van der Waals surface area contributed by atoms with Crippen LogP contribution >= 0.6 is 12.4 Å². The van der Waals surface area contributed by atoms with Gasteiger partial charge in [-0.2, -0.15) is 0 Å². The number of oxazole rings is 1. The molecule has 0 saturated heterocycles. The monoisotopic (exact) mass is 214 g/mol. The molecule has 0 amide bonds. The predicted octanol–water partition coefficient (Wildman–Crippen LogP) is 2.01. The first-order chi connectivity index (χ1) is 6.43. The average molecular weight is 215 g/mol. The number of hydrogen-bond acceptors (Lipinski definition) is 3. The van der Waals surface area contributed by atoms with Crippen LogP contribution in [0, 0.1) is 0 Å². The molecular formula is C10H15ClN2O. The Morgan fingerprint density at radius 1 is 1.36 bits per heavy atom. The molecule has 0 spiro atoms. The van der Waals surface area contributed by atoms with Crippen LogP contribution in [0.15, 0.2) is 4.42 Å². The van der Waals surface area contributed by atoms with E-state index in [1.165, 1.54) is 19.3 Å². The molecule has 3 nitrogen and oxygen atoms in total. The third kappa shape index (κ3) is 1.55. The highest BCUT2D eigenvalue weighted by molar-refractivity contribution is 5.85. The summed E-state index contributed by atoms with van der Waals surface area (Å²) in [5, 5.41) is 3.31. The number of halogens is 1. The first-order valence-electron chi connectivity index (χ1n) is 5.12. The van der Waals surface area contributed by atoms with Gasteiger partial charge in [-0.3, -0.25) is 0 Å². The van der Waals surface area contributed by atoms with Crippen molar-refractivity contribution in [2.24, 2.45) is 0 Å². The Bertz CT molecular complexity index is 296. The molecule has 0 radical (unpaired) electrons. The highest BCUT2D eigenvalue weighted by Gasteiger charge is 2.26. The molecule has 1 N–H and O–H groups in total. The fraction of sp³-hybridized carbons (Fsp3) is 0.700. The Hall–Kier alpha value is -0.540. The summed E-state index contributed by atoms with van der Waals surface area (Å²) in [6.07, 6.45) is 4.89. The maximum Gasteiger partial charge on any atom is 0.197 e. The van der Waals surface area contributed by atoms with Gasteiger partial charge in [0.05, 0.1) is 5.69 Å². The number of aromatic nitrogens is 1. The second-order valence-corrected chi connectivity index (χ2v) is 3.98. The number of fused-ring (bicyclic) bond motifs is 1. The van der Waals surface area contributed by atoms with Crippen LogP contribution in [-0.2, 0) is 13.0 Å². The van der Waals surface area contributed by atoms with E-state index < -0.39 is 0 Å². The van der Waals surface area contributed by atoms with Crippen LogP contribution in [0.2, 0.25) is 0 Å². The van der Waals surface area contributed by atoms with Crippen LogP contribution in [0.3, 0.4) is 0 Å². The van der Waals surface area contributed by atoms with Gasteiger partial charge >= 0.3 is 0 Å². The lowest BCUT2D eigenvalue weighted by molar-refractivity contribution is 0.323. The lowest BCUT2D eigenvalue weighted by Crippen LogP contribution is -2.22. The number of nitrogens with zero attached hydrogens (tertiary/aromatic N) is 1. The zero-order valence-electron chi connectivity index (χ0n) is 8.08. The van der Waals surface area contributed by atoms with Crippen LogP contribution in [0.25, 0.3) is 0 Å². The van der Waals surface area contributed by atoms with Crippen molar-refractivity contribution in [3.05, 3.63) is 17.3 Å². The molecule has 2 heterocycles. The first kappa shape index (κ1) is 9.99. The maximum atomic E-state index is 5.76. The Morgan fingerprint density at radius 2 is 2.21 bits per heavy atom. The highest BCUT2D eigenvalue weighted by atomic mass is 35.5. The standard InChI is InChI=1S/C10H14N2O.ClH/c1-2-7(3-1)10-12-8-6-11-5-4-9(8)13-10;/h7,11H,1-6H2;1H. The molecule has 0 atom stereocenters. The topological polar surface area (TPSA) is 38.1 Å². The molecule has 1 saturated carbocycles. The van der Waals surface area contributed by atoms with E-state index in [1.807, 2.05) is 0 Å². The van der Waals surface area contributed by atoms with Crippen LogP contribution in [-0.4, -0.2) is 11.5 Å². The van der Waals surface area contributed by atoms with Gasteiger partial charge in [0.1, 0.15) is 5.76 Å². The summed E-state index contributed by atoms with van der Waals surface area (Å²) in [6, 6.07) is 0. The van der Waals surface area contributed by atoms with Crippen LogP contribution in [0.1, 0.15) is 42.5 Å². The van der Waals surface area contributed by atoms with Crippen LogP contribution in [0.4, 0.5) is 0 Å². The van der Waals surface area contributed by atoms with Crippen molar-refractivity contribution in [3.8, 4) is 0 Å². The second-order valence-electron chi connectivity index (χ2n) is 3.98. The van der Waals surface area contributed by atoms with Crippen molar-refractivity contribution in [2.75, 3.05) is 6.54 Å². The zero-order valence-corrected chi connectivity index (χ0v) is 8.90. The van der Waals surface area contributed by atoms with E-state index in [0.717, 1.165) is 36.9 Å². The zero-order chi connectivity index (χ0) is 8.67. The molecule has 14 heavy (non-hydrogen) atoms. The maximum absolute atomic E-state index is 5.76. The van der Waals surface area contributed by atoms with Crippen LogP contribution in [0.5, 0.6) is 0 Å². The van der Waals surface area contributed by atoms with E-state index in [2.05, 4.69) is 10.3 Å². The summed E-state index contributed by atoms with van der Waals surface area (Å²) < 4.78 is 5.76. The minimum Gasteiger partial charge on any atom is -0.445 e. The lowest BCUT2D eigenvalue weighted by atomic mass is 9.85. The van der Waals surface area contributed by atoms with Gasteiger partial charge in [-0.1, -0.05) is 6.42 Å². The summed E-state index contributed by atoms with van der Waals surface area (Å²) in [5.41, 5.74) is 1.15. The minimum absolute atomic E-state index is 0. The van der Waals surface area contributed by atoms with Crippen molar-refractivity contribution < 1.29 is 4.42 Å². The molecule has 4 heteroatoms. The van der Waals surface area contributed by atoms with E-state index >= 15 is 0 Å². The fourth-order valence-electron chi connectivity index (χ4n) is 1.98. The van der Waals surface area contributed by atoms with E-state index in [-0.39, 0.29) is 12.4 Å². The molecule has 0 aromatic carbocycles. The Balaban J connectivity index is 0.000000750. The molecule has 1 aliphatic carbocycles. The third-order valence-electron chi connectivity index (χ3n) is 3.07. The van der Waals surface area contributed by atoms with Crippen molar-refractivity contribution in [3.63, 3.8) is 0 Å². The minimum atomic E-state index is 0. The number of rotatable bonds is 1. The van der Waals surface area contributed by atoms with Crippen molar-refractivity contribution >= 4 is 12.4 Å². The summed E-state index contributed by atoms with van der Waals surface area (Å²) in [6.45, 7) is 1.93. The molecule has 1 aliphatic heterocycles. The van der Waals surface area contributed by atoms with Gasteiger partial charge in [0.15, 0.2) is 5.89 Å². The molecule has 1 aromatic rings. The summed E-state index contributed by atoms with van der Waals surface area (Å²) in [7, 11) is 0. The normalized spacial score (nSPS) is 20.9. The molecule has 3 rings (SSSR count). The van der Waals surface area contributed by atoms with E-state index in [1.54, 1.807) is 0 Å². The largest absolute Gasteiger partial charge is 0.445 e. The number of hydrogen-bond donors (Lipinski definition) is 1. The molecule has 2 aliphatic rings. The Kier molecular flexibility index (Phi) is 2.79. The highest BCUT2D eigenvalue weighted by Crippen LogP contribution is 2.36. The van der Waals surface area contributed by atoms with E-state index in [0.29, 0.717) is 5.92 Å². The van der Waals surface area contributed by atoms with E-state index in [4.69, 9.17) is 4.42 Å². The number of nitrogens with one attached hydrogen (secondary N) is 1. The van der Waals surface area contributed by atoms with Crippen molar-refractivity contribution in [1.29, 1.82) is 0 Å². The summed E-state index contributed by atoms with van der Waals surface area (Å²) in [4.78, 5) is 4.54. The molecule has 0 bridgehead atoms. The molecule has 0 unspecified atom stereocenters. The molecule has 1 aromatic heterocycles. The van der Waals surface area contributed by atoms with Gasteiger partial charge in [0.25, 0.3) is 0 Å².